The third kappa shape index (κ3) is 4.56. The van der Waals surface area contributed by atoms with Gasteiger partial charge in [0.25, 0.3) is 0 Å². The number of rotatable bonds is 8. The van der Waals surface area contributed by atoms with Crippen molar-refractivity contribution in [1.29, 1.82) is 0 Å². The summed E-state index contributed by atoms with van der Waals surface area (Å²) in [5.41, 5.74) is 1.47. The van der Waals surface area contributed by atoms with Crippen LogP contribution in [0.3, 0.4) is 0 Å². The average molecular weight is 279 g/mol. The minimum absolute atomic E-state index is 0.613. The predicted octanol–water partition coefficient (Wildman–Crippen LogP) is 4.35. The van der Waals surface area contributed by atoms with Gasteiger partial charge in [0.1, 0.15) is 0 Å². The monoisotopic (exact) mass is 279 g/mol. The molecule has 0 aromatic carbocycles. The summed E-state index contributed by atoms with van der Waals surface area (Å²) in [6.07, 6.45) is 4.80. The molecule has 0 saturated heterocycles. The average Bonchev–Trinajstić information content (AvgIpc) is 3.05. The summed E-state index contributed by atoms with van der Waals surface area (Å²) in [5.74, 6) is 0. The van der Waals surface area contributed by atoms with Crippen LogP contribution in [0.2, 0.25) is 0 Å². The van der Waals surface area contributed by atoms with Gasteiger partial charge in [-0.05, 0) is 66.1 Å². The molecule has 1 nitrogen and oxygen atoms in total. The first kappa shape index (κ1) is 13.8. The topological polar surface area (TPSA) is 12.0 Å². The molecule has 2 rings (SSSR count). The van der Waals surface area contributed by atoms with Crippen molar-refractivity contribution in [2.45, 2.75) is 38.6 Å². The number of hydrogen-bond acceptors (Lipinski definition) is 3. The number of nitrogens with one attached hydrogen (secondary N) is 1. The second-order valence-corrected chi connectivity index (χ2v) is 6.42. The summed E-state index contributed by atoms with van der Waals surface area (Å²) in [6, 6.07) is 7.25. The van der Waals surface area contributed by atoms with E-state index in [4.69, 9.17) is 0 Å². The Morgan fingerprint density at radius 2 is 2.22 bits per heavy atom. The van der Waals surface area contributed by atoms with E-state index < -0.39 is 0 Å². The molecule has 2 aromatic rings. The summed E-state index contributed by atoms with van der Waals surface area (Å²) in [7, 11) is 0. The van der Waals surface area contributed by atoms with Crippen LogP contribution in [0.5, 0.6) is 0 Å². The molecule has 0 aliphatic carbocycles. The highest BCUT2D eigenvalue weighted by molar-refractivity contribution is 7.09. The van der Waals surface area contributed by atoms with Crippen molar-refractivity contribution < 1.29 is 0 Å². The van der Waals surface area contributed by atoms with Crippen LogP contribution in [0.15, 0.2) is 34.3 Å². The maximum absolute atomic E-state index is 3.68. The third-order valence-electron chi connectivity index (χ3n) is 3.06. The molecule has 0 saturated carbocycles. The van der Waals surface area contributed by atoms with Crippen molar-refractivity contribution in [2.24, 2.45) is 0 Å². The van der Waals surface area contributed by atoms with Crippen LogP contribution in [0.4, 0.5) is 0 Å². The Bertz CT molecular complexity index is 406. The lowest BCUT2D eigenvalue weighted by Gasteiger charge is -2.17. The van der Waals surface area contributed by atoms with Gasteiger partial charge in [-0.3, -0.25) is 0 Å². The molecule has 0 radical (unpaired) electrons. The maximum Gasteiger partial charge on any atom is 0.0111 e. The summed E-state index contributed by atoms with van der Waals surface area (Å²) < 4.78 is 0. The van der Waals surface area contributed by atoms with Gasteiger partial charge in [-0.2, -0.15) is 11.3 Å². The zero-order chi connectivity index (χ0) is 12.6. The van der Waals surface area contributed by atoms with E-state index in [9.17, 15) is 0 Å². The van der Waals surface area contributed by atoms with Crippen LogP contribution in [-0.2, 0) is 12.8 Å². The van der Waals surface area contributed by atoms with Crippen LogP contribution in [0, 0.1) is 0 Å². The summed E-state index contributed by atoms with van der Waals surface area (Å²) in [4.78, 5) is 1.50. The summed E-state index contributed by atoms with van der Waals surface area (Å²) >= 11 is 3.67. The Kier molecular flexibility index (Phi) is 5.91. The van der Waals surface area contributed by atoms with E-state index >= 15 is 0 Å². The highest BCUT2D eigenvalue weighted by Crippen LogP contribution is 2.15. The molecule has 1 atom stereocenters. The first-order chi connectivity index (χ1) is 8.88. The number of aryl methyl sites for hydroxylation is 1. The van der Waals surface area contributed by atoms with E-state index in [1.54, 1.807) is 11.3 Å². The van der Waals surface area contributed by atoms with Crippen molar-refractivity contribution >= 4 is 22.7 Å². The molecule has 3 heteroatoms. The number of thiophene rings is 2. The fourth-order valence-electron chi connectivity index (χ4n) is 2.09. The van der Waals surface area contributed by atoms with Gasteiger partial charge in [0.15, 0.2) is 0 Å². The molecule has 98 valence electrons. The third-order valence-corrected chi connectivity index (χ3v) is 4.73. The van der Waals surface area contributed by atoms with Gasteiger partial charge in [-0.1, -0.05) is 13.0 Å². The van der Waals surface area contributed by atoms with E-state index in [1.807, 2.05) is 11.3 Å². The first-order valence-electron chi connectivity index (χ1n) is 6.65. The minimum atomic E-state index is 0.613. The molecule has 1 unspecified atom stereocenters. The second-order valence-electron chi connectivity index (χ2n) is 4.60. The summed E-state index contributed by atoms with van der Waals surface area (Å²) in [5, 5.41) is 10.3. The quantitative estimate of drug-likeness (QED) is 0.757. The lowest BCUT2D eigenvalue weighted by Crippen LogP contribution is -2.32. The van der Waals surface area contributed by atoms with E-state index in [0.29, 0.717) is 6.04 Å². The van der Waals surface area contributed by atoms with E-state index in [-0.39, 0.29) is 0 Å². The molecule has 2 heterocycles. The second kappa shape index (κ2) is 7.72. The normalized spacial score (nSPS) is 12.7. The van der Waals surface area contributed by atoms with Gasteiger partial charge in [0.05, 0.1) is 0 Å². The zero-order valence-electron chi connectivity index (χ0n) is 10.9. The molecule has 18 heavy (non-hydrogen) atoms. The van der Waals surface area contributed by atoms with Crippen molar-refractivity contribution in [3.05, 3.63) is 44.8 Å². The van der Waals surface area contributed by atoms with Gasteiger partial charge in [0, 0.05) is 10.9 Å². The molecule has 0 spiro atoms. The first-order valence-corrected chi connectivity index (χ1v) is 8.47. The van der Waals surface area contributed by atoms with Crippen LogP contribution in [-0.4, -0.2) is 12.6 Å². The largest absolute Gasteiger partial charge is 0.314 e. The highest BCUT2D eigenvalue weighted by atomic mass is 32.1. The Labute approximate surface area is 118 Å². The lowest BCUT2D eigenvalue weighted by atomic mass is 10.0. The predicted molar refractivity (Wildman–Crippen MR) is 82.7 cm³/mol. The highest BCUT2D eigenvalue weighted by Gasteiger charge is 2.09. The van der Waals surface area contributed by atoms with Gasteiger partial charge < -0.3 is 5.32 Å². The van der Waals surface area contributed by atoms with Crippen molar-refractivity contribution in [2.75, 3.05) is 6.54 Å². The molecular weight excluding hydrogens is 258 g/mol. The SMILES string of the molecule is CCCNC(CCc1cccs1)Cc1ccsc1. The van der Waals surface area contributed by atoms with Gasteiger partial charge in [-0.25, -0.2) is 0 Å². The van der Waals surface area contributed by atoms with Crippen LogP contribution in [0.25, 0.3) is 0 Å². The van der Waals surface area contributed by atoms with E-state index in [0.717, 1.165) is 13.0 Å². The van der Waals surface area contributed by atoms with Crippen molar-refractivity contribution in [1.82, 2.24) is 5.32 Å². The molecule has 2 aromatic heterocycles. The Morgan fingerprint density at radius 1 is 1.28 bits per heavy atom. The molecule has 0 fully saturated rings. The van der Waals surface area contributed by atoms with E-state index in [1.165, 1.54) is 29.7 Å². The van der Waals surface area contributed by atoms with Crippen molar-refractivity contribution in [3.8, 4) is 0 Å². The smallest absolute Gasteiger partial charge is 0.0111 e. The lowest BCUT2D eigenvalue weighted by molar-refractivity contribution is 0.479. The fourth-order valence-corrected chi connectivity index (χ4v) is 3.50. The van der Waals surface area contributed by atoms with Crippen LogP contribution >= 0.6 is 22.7 Å². The summed E-state index contributed by atoms with van der Waals surface area (Å²) in [6.45, 7) is 3.35. The maximum atomic E-state index is 3.68. The van der Waals surface area contributed by atoms with Gasteiger partial charge >= 0.3 is 0 Å². The van der Waals surface area contributed by atoms with Crippen molar-refractivity contribution in [3.63, 3.8) is 0 Å². The molecule has 0 amide bonds. The molecule has 1 N–H and O–H groups in total. The van der Waals surface area contributed by atoms with Gasteiger partial charge in [-0.15, -0.1) is 11.3 Å². The minimum Gasteiger partial charge on any atom is -0.314 e. The van der Waals surface area contributed by atoms with Gasteiger partial charge in [0.2, 0.25) is 0 Å². The fraction of sp³-hybridized carbons (Fsp3) is 0.467. The van der Waals surface area contributed by atoms with Crippen LogP contribution < -0.4 is 5.32 Å². The Balaban J connectivity index is 1.84. The molecule has 0 aliphatic heterocycles. The number of hydrogen-bond donors (Lipinski definition) is 1. The molecular formula is C15H21NS2. The molecule has 0 aliphatic rings. The Hall–Kier alpha value is -0.640. The zero-order valence-corrected chi connectivity index (χ0v) is 12.5. The standard InChI is InChI=1S/C15H21NS2/c1-2-8-16-14(11-13-7-10-17-12-13)5-6-15-4-3-9-18-15/h3-4,7,9-10,12,14,16H,2,5-6,8,11H2,1H3. The van der Waals surface area contributed by atoms with Crippen LogP contribution in [0.1, 0.15) is 30.2 Å². The van der Waals surface area contributed by atoms with E-state index in [2.05, 4.69) is 46.6 Å². The molecule has 0 bridgehead atoms. The Morgan fingerprint density at radius 3 is 2.89 bits per heavy atom.